The molecule has 1 aliphatic carbocycles. The van der Waals surface area contributed by atoms with Gasteiger partial charge >= 0.3 is 0 Å². The van der Waals surface area contributed by atoms with Gasteiger partial charge < -0.3 is 4.74 Å². The third-order valence-corrected chi connectivity index (χ3v) is 5.43. The van der Waals surface area contributed by atoms with E-state index in [1.54, 1.807) is 5.57 Å². The normalized spacial score (nSPS) is 31.5. The molecule has 1 nitrogen and oxygen atoms in total. The summed E-state index contributed by atoms with van der Waals surface area (Å²) < 4.78 is 5.88. The molecule has 1 spiro atoms. The van der Waals surface area contributed by atoms with Gasteiger partial charge in [-0.1, -0.05) is 37.8 Å². The van der Waals surface area contributed by atoms with Gasteiger partial charge in [-0.05, 0) is 57.8 Å². The highest BCUT2D eigenvalue weighted by atomic mass is 16.6. The Balaban J connectivity index is 1.99. The molecule has 0 radical (unpaired) electrons. The van der Waals surface area contributed by atoms with Gasteiger partial charge in [0.15, 0.2) is 0 Å². The first kappa shape index (κ1) is 14.1. The molecule has 18 heavy (non-hydrogen) atoms. The fourth-order valence-electron chi connectivity index (χ4n) is 3.68. The molecule has 0 aromatic carbocycles. The Hall–Kier alpha value is -0.300. The molecule has 104 valence electrons. The van der Waals surface area contributed by atoms with E-state index in [0.717, 1.165) is 12.5 Å². The summed E-state index contributed by atoms with van der Waals surface area (Å²) in [5, 5.41) is 0. The molecule has 0 aromatic heterocycles. The van der Waals surface area contributed by atoms with Gasteiger partial charge in [0, 0.05) is 0 Å². The Morgan fingerprint density at radius 3 is 2.44 bits per heavy atom. The van der Waals surface area contributed by atoms with Crippen LogP contribution in [-0.4, -0.2) is 12.2 Å². The summed E-state index contributed by atoms with van der Waals surface area (Å²) in [5.74, 6) is 0.781. The van der Waals surface area contributed by atoms with Crippen LogP contribution in [0.2, 0.25) is 0 Å². The second-order valence-corrected chi connectivity index (χ2v) is 7.42. The van der Waals surface area contributed by atoms with Crippen molar-refractivity contribution in [3.05, 3.63) is 11.1 Å². The minimum absolute atomic E-state index is 0.292. The molecular weight excluding hydrogens is 220 g/mol. The third kappa shape index (κ3) is 2.82. The van der Waals surface area contributed by atoms with Crippen LogP contribution in [0.15, 0.2) is 11.1 Å². The van der Waals surface area contributed by atoms with E-state index >= 15 is 0 Å². The van der Waals surface area contributed by atoms with Crippen molar-refractivity contribution in [3.8, 4) is 0 Å². The average Bonchev–Trinajstić information content (AvgIpc) is 3.06. The second kappa shape index (κ2) is 5.00. The number of allylic oxidation sites excluding steroid dienone is 2. The molecule has 1 heterocycles. The lowest BCUT2D eigenvalue weighted by atomic mass is 9.63. The first-order valence-corrected chi connectivity index (χ1v) is 7.64. The molecule has 0 amide bonds. The SMILES string of the molecule is CC(C)=C(C)CCC(C)(C)C1CCCCC12CO2. The van der Waals surface area contributed by atoms with Crippen molar-refractivity contribution in [2.45, 2.75) is 78.7 Å². The van der Waals surface area contributed by atoms with E-state index in [4.69, 9.17) is 4.74 Å². The van der Waals surface area contributed by atoms with Gasteiger partial charge in [-0.2, -0.15) is 0 Å². The molecule has 1 saturated heterocycles. The fourth-order valence-corrected chi connectivity index (χ4v) is 3.68. The predicted molar refractivity (Wildman–Crippen MR) is 77.7 cm³/mol. The van der Waals surface area contributed by atoms with E-state index in [2.05, 4.69) is 34.6 Å². The molecule has 1 aliphatic heterocycles. The maximum Gasteiger partial charge on any atom is 0.0949 e. The fraction of sp³-hybridized carbons (Fsp3) is 0.882. The van der Waals surface area contributed by atoms with Crippen molar-refractivity contribution in [1.82, 2.24) is 0 Å². The van der Waals surface area contributed by atoms with E-state index in [-0.39, 0.29) is 0 Å². The van der Waals surface area contributed by atoms with Crippen LogP contribution in [0.1, 0.15) is 73.1 Å². The van der Waals surface area contributed by atoms with Crippen LogP contribution >= 0.6 is 0 Å². The van der Waals surface area contributed by atoms with Crippen molar-refractivity contribution in [1.29, 1.82) is 0 Å². The molecule has 2 aliphatic rings. The molecule has 2 fully saturated rings. The van der Waals surface area contributed by atoms with Crippen LogP contribution in [0.3, 0.4) is 0 Å². The van der Waals surface area contributed by atoms with E-state index < -0.39 is 0 Å². The number of hydrogen-bond acceptors (Lipinski definition) is 1. The molecule has 0 bridgehead atoms. The first-order chi connectivity index (χ1) is 8.37. The van der Waals surface area contributed by atoms with Crippen LogP contribution < -0.4 is 0 Å². The summed E-state index contributed by atoms with van der Waals surface area (Å²) in [5.41, 5.74) is 3.78. The number of ether oxygens (including phenoxy) is 1. The van der Waals surface area contributed by atoms with Gasteiger partial charge in [-0.15, -0.1) is 0 Å². The van der Waals surface area contributed by atoms with Crippen LogP contribution in [0, 0.1) is 11.3 Å². The summed E-state index contributed by atoms with van der Waals surface area (Å²) >= 11 is 0. The van der Waals surface area contributed by atoms with E-state index in [1.165, 1.54) is 44.1 Å². The van der Waals surface area contributed by atoms with Crippen molar-refractivity contribution in [2.24, 2.45) is 11.3 Å². The number of rotatable bonds is 4. The quantitative estimate of drug-likeness (QED) is 0.499. The minimum atomic E-state index is 0.292. The highest BCUT2D eigenvalue weighted by Gasteiger charge is 2.56. The van der Waals surface area contributed by atoms with Gasteiger partial charge in [0.2, 0.25) is 0 Å². The molecule has 1 heteroatoms. The Bertz CT molecular complexity index is 330. The van der Waals surface area contributed by atoms with Gasteiger partial charge in [0.05, 0.1) is 12.2 Å². The van der Waals surface area contributed by atoms with Crippen LogP contribution in [0.5, 0.6) is 0 Å². The monoisotopic (exact) mass is 250 g/mol. The first-order valence-electron chi connectivity index (χ1n) is 7.64. The Labute approximate surface area is 113 Å². The van der Waals surface area contributed by atoms with Gasteiger partial charge in [0.25, 0.3) is 0 Å². The summed E-state index contributed by atoms with van der Waals surface area (Å²) in [6.07, 6.45) is 8.02. The summed E-state index contributed by atoms with van der Waals surface area (Å²) in [7, 11) is 0. The van der Waals surface area contributed by atoms with Crippen molar-refractivity contribution in [2.75, 3.05) is 6.61 Å². The summed E-state index contributed by atoms with van der Waals surface area (Å²) in [6, 6.07) is 0. The third-order valence-electron chi connectivity index (χ3n) is 5.43. The molecule has 2 unspecified atom stereocenters. The van der Waals surface area contributed by atoms with Crippen molar-refractivity contribution in [3.63, 3.8) is 0 Å². The molecule has 1 saturated carbocycles. The zero-order valence-electron chi connectivity index (χ0n) is 12.9. The maximum atomic E-state index is 5.88. The summed E-state index contributed by atoms with van der Waals surface area (Å²) in [4.78, 5) is 0. The van der Waals surface area contributed by atoms with Crippen molar-refractivity contribution < 1.29 is 4.74 Å². The largest absolute Gasteiger partial charge is 0.369 e. The Morgan fingerprint density at radius 1 is 1.22 bits per heavy atom. The smallest absolute Gasteiger partial charge is 0.0949 e. The van der Waals surface area contributed by atoms with Crippen LogP contribution in [-0.2, 0) is 4.74 Å². The van der Waals surface area contributed by atoms with E-state index in [0.29, 0.717) is 11.0 Å². The standard InChI is InChI=1S/C17H30O/c1-13(2)14(3)9-11-16(4,5)15-8-6-7-10-17(15)12-18-17/h15H,6-12H2,1-5H3. The predicted octanol–water partition coefficient (Wildman–Crippen LogP) is 5.11. The second-order valence-electron chi connectivity index (χ2n) is 7.42. The number of epoxide rings is 1. The molecule has 2 atom stereocenters. The summed E-state index contributed by atoms with van der Waals surface area (Å²) in [6.45, 7) is 12.7. The zero-order chi connectivity index (χ0) is 13.4. The van der Waals surface area contributed by atoms with Crippen LogP contribution in [0.25, 0.3) is 0 Å². The van der Waals surface area contributed by atoms with E-state index in [1.807, 2.05) is 0 Å². The number of hydrogen-bond donors (Lipinski definition) is 0. The van der Waals surface area contributed by atoms with Gasteiger partial charge in [0.1, 0.15) is 0 Å². The lowest BCUT2D eigenvalue weighted by Gasteiger charge is -2.41. The molecule has 2 rings (SSSR count). The van der Waals surface area contributed by atoms with Gasteiger partial charge in [-0.3, -0.25) is 0 Å². The minimum Gasteiger partial charge on any atom is -0.369 e. The maximum absolute atomic E-state index is 5.88. The Morgan fingerprint density at radius 2 is 1.89 bits per heavy atom. The lowest BCUT2D eigenvalue weighted by molar-refractivity contribution is 0.0524. The van der Waals surface area contributed by atoms with Gasteiger partial charge in [-0.25, -0.2) is 0 Å². The van der Waals surface area contributed by atoms with E-state index in [9.17, 15) is 0 Å². The Kier molecular flexibility index (Phi) is 3.92. The van der Waals surface area contributed by atoms with Crippen molar-refractivity contribution >= 4 is 0 Å². The van der Waals surface area contributed by atoms with Crippen LogP contribution in [0.4, 0.5) is 0 Å². The zero-order valence-corrected chi connectivity index (χ0v) is 12.9. The molecular formula is C17H30O. The average molecular weight is 250 g/mol. The highest BCUT2D eigenvalue weighted by Crippen LogP contribution is 2.54. The molecule has 0 N–H and O–H groups in total. The topological polar surface area (TPSA) is 12.5 Å². The lowest BCUT2D eigenvalue weighted by Crippen LogP contribution is -2.39. The highest BCUT2D eigenvalue weighted by molar-refractivity contribution is 5.09. The molecule has 0 aromatic rings.